The van der Waals surface area contributed by atoms with E-state index in [4.69, 9.17) is 0 Å². The van der Waals surface area contributed by atoms with Crippen molar-refractivity contribution < 1.29 is 10.2 Å². The van der Waals surface area contributed by atoms with E-state index < -0.39 is 0 Å². The second kappa shape index (κ2) is 5.48. The molecule has 3 unspecified atom stereocenters. The second-order valence-electron chi connectivity index (χ2n) is 6.30. The van der Waals surface area contributed by atoms with Gasteiger partial charge in [-0.2, -0.15) is 0 Å². The summed E-state index contributed by atoms with van der Waals surface area (Å²) in [5.41, 5.74) is 0.357. The third kappa shape index (κ3) is 4.40. The summed E-state index contributed by atoms with van der Waals surface area (Å²) in [6.45, 7) is 7.93. The van der Waals surface area contributed by atoms with E-state index in [1.165, 1.54) is 0 Å². The van der Waals surface area contributed by atoms with Crippen LogP contribution in [0.5, 0.6) is 0 Å². The Labute approximate surface area is 99.5 Å². The van der Waals surface area contributed by atoms with E-state index in [1.807, 2.05) is 7.05 Å². The van der Waals surface area contributed by atoms with E-state index in [-0.39, 0.29) is 12.2 Å². The van der Waals surface area contributed by atoms with Gasteiger partial charge >= 0.3 is 0 Å². The zero-order valence-electron chi connectivity index (χ0n) is 11.1. The Morgan fingerprint density at radius 2 is 2.06 bits per heavy atom. The van der Waals surface area contributed by atoms with Crippen LogP contribution in [0.4, 0.5) is 0 Å². The molecule has 3 nitrogen and oxygen atoms in total. The summed E-state index contributed by atoms with van der Waals surface area (Å²) >= 11 is 0. The summed E-state index contributed by atoms with van der Waals surface area (Å²) in [6, 6.07) is 0. The first-order valence-electron chi connectivity index (χ1n) is 6.35. The predicted molar refractivity (Wildman–Crippen MR) is 66.3 cm³/mol. The van der Waals surface area contributed by atoms with Gasteiger partial charge < -0.3 is 15.1 Å². The van der Waals surface area contributed by atoms with Crippen molar-refractivity contribution in [1.82, 2.24) is 4.90 Å². The molecule has 1 rings (SSSR count). The first kappa shape index (κ1) is 13.9. The zero-order chi connectivity index (χ0) is 12.3. The lowest BCUT2D eigenvalue weighted by Crippen LogP contribution is -2.41. The SMILES string of the molecule is CC(O)CN(C)CC1CC(C)(C)CCC1O. The van der Waals surface area contributed by atoms with Crippen molar-refractivity contribution in [3.63, 3.8) is 0 Å². The van der Waals surface area contributed by atoms with E-state index in [1.54, 1.807) is 6.92 Å². The molecule has 0 amide bonds. The fourth-order valence-corrected chi connectivity index (χ4v) is 2.83. The van der Waals surface area contributed by atoms with Crippen LogP contribution >= 0.6 is 0 Å². The molecule has 1 fully saturated rings. The van der Waals surface area contributed by atoms with Gasteiger partial charge in [0.25, 0.3) is 0 Å². The smallest absolute Gasteiger partial charge is 0.0638 e. The van der Waals surface area contributed by atoms with Crippen molar-refractivity contribution >= 4 is 0 Å². The van der Waals surface area contributed by atoms with Gasteiger partial charge in [-0.3, -0.25) is 0 Å². The molecule has 1 aliphatic carbocycles. The van der Waals surface area contributed by atoms with Crippen molar-refractivity contribution in [2.45, 2.75) is 52.2 Å². The lowest BCUT2D eigenvalue weighted by Gasteiger charge is -2.40. The number of likely N-dealkylation sites (N-methyl/N-ethyl adjacent to an activating group) is 1. The predicted octanol–water partition coefficient (Wildman–Crippen LogP) is 1.49. The maximum Gasteiger partial charge on any atom is 0.0638 e. The number of hydrogen-bond donors (Lipinski definition) is 2. The summed E-state index contributed by atoms with van der Waals surface area (Å²) in [5.74, 6) is 0.354. The first-order valence-corrected chi connectivity index (χ1v) is 6.35. The summed E-state index contributed by atoms with van der Waals surface area (Å²) in [5, 5.41) is 19.3. The molecule has 1 aliphatic rings. The molecule has 1 saturated carbocycles. The highest BCUT2D eigenvalue weighted by atomic mass is 16.3. The Bertz CT molecular complexity index is 216. The molecule has 2 N–H and O–H groups in total. The molecule has 3 atom stereocenters. The van der Waals surface area contributed by atoms with Crippen molar-refractivity contribution in [3.05, 3.63) is 0 Å². The normalized spacial score (nSPS) is 31.7. The van der Waals surface area contributed by atoms with Crippen molar-refractivity contribution in [2.24, 2.45) is 11.3 Å². The molecule has 0 bridgehead atoms. The van der Waals surface area contributed by atoms with Crippen LogP contribution in [-0.4, -0.2) is 47.5 Å². The Hall–Kier alpha value is -0.120. The number of rotatable bonds is 4. The van der Waals surface area contributed by atoms with Gasteiger partial charge in [-0.05, 0) is 44.6 Å². The highest BCUT2D eigenvalue weighted by Gasteiger charge is 2.34. The molecule has 0 aliphatic heterocycles. The average molecular weight is 229 g/mol. The second-order valence-corrected chi connectivity index (χ2v) is 6.30. The fourth-order valence-electron chi connectivity index (χ4n) is 2.83. The molecule has 3 heteroatoms. The maximum atomic E-state index is 10.00. The molecule has 0 spiro atoms. The van der Waals surface area contributed by atoms with Crippen LogP contribution in [0.3, 0.4) is 0 Å². The van der Waals surface area contributed by atoms with Gasteiger partial charge in [0.05, 0.1) is 12.2 Å². The highest BCUT2D eigenvalue weighted by Crippen LogP contribution is 2.38. The molecule has 16 heavy (non-hydrogen) atoms. The minimum absolute atomic E-state index is 0.163. The molecule has 96 valence electrons. The molecule has 0 radical (unpaired) electrons. The van der Waals surface area contributed by atoms with Gasteiger partial charge in [-0.15, -0.1) is 0 Å². The van der Waals surface area contributed by atoms with Crippen molar-refractivity contribution in [1.29, 1.82) is 0 Å². The molecular weight excluding hydrogens is 202 g/mol. The third-order valence-electron chi connectivity index (χ3n) is 3.60. The first-order chi connectivity index (χ1) is 7.30. The van der Waals surface area contributed by atoms with Gasteiger partial charge in [-0.25, -0.2) is 0 Å². The molecule has 0 aromatic heterocycles. The summed E-state index contributed by atoms with van der Waals surface area (Å²) < 4.78 is 0. The molecule has 0 heterocycles. The van der Waals surface area contributed by atoms with Crippen LogP contribution in [0.2, 0.25) is 0 Å². The van der Waals surface area contributed by atoms with Gasteiger partial charge in [0.2, 0.25) is 0 Å². The molecule has 0 aromatic rings. The van der Waals surface area contributed by atoms with Crippen LogP contribution in [0.25, 0.3) is 0 Å². The van der Waals surface area contributed by atoms with Gasteiger partial charge in [-0.1, -0.05) is 13.8 Å². The number of hydrogen-bond acceptors (Lipinski definition) is 3. The van der Waals surface area contributed by atoms with E-state index >= 15 is 0 Å². The largest absolute Gasteiger partial charge is 0.393 e. The minimum Gasteiger partial charge on any atom is -0.393 e. The lowest BCUT2D eigenvalue weighted by molar-refractivity contribution is 0.00284. The summed E-state index contributed by atoms with van der Waals surface area (Å²) in [7, 11) is 2.01. The van der Waals surface area contributed by atoms with Gasteiger partial charge in [0.1, 0.15) is 0 Å². The Morgan fingerprint density at radius 1 is 1.44 bits per heavy atom. The summed E-state index contributed by atoms with van der Waals surface area (Å²) in [4.78, 5) is 2.12. The van der Waals surface area contributed by atoms with Crippen LogP contribution < -0.4 is 0 Å². The average Bonchev–Trinajstić information content (AvgIpc) is 2.09. The Balaban J connectivity index is 2.45. The monoisotopic (exact) mass is 229 g/mol. The molecule has 0 aromatic carbocycles. The summed E-state index contributed by atoms with van der Waals surface area (Å²) in [6.07, 6.45) is 2.66. The number of nitrogens with zero attached hydrogens (tertiary/aromatic N) is 1. The van der Waals surface area contributed by atoms with Crippen molar-refractivity contribution in [2.75, 3.05) is 20.1 Å². The molecular formula is C13H27NO2. The Morgan fingerprint density at radius 3 is 2.62 bits per heavy atom. The van der Waals surface area contributed by atoms with Crippen molar-refractivity contribution in [3.8, 4) is 0 Å². The zero-order valence-corrected chi connectivity index (χ0v) is 11.1. The standard InChI is InChI=1S/C13H27NO2/c1-10(15)8-14(4)9-11-7-13(2,3)6-5-12(11)16/h10-12,15-16H,5-9H2,1-4H3. The number of aliphatic hydroxyl groups excluding tert-OH is 2. The molecule has 0 saturated heterocycles. The quantitative estimate of drug-likeness (QED) is 0.767. The van der Waals surface area contributed by atoms with E-state index in [0.717, 1.165) is 25.8 Å². The van der Waals surface area contributed by atoms with E-state index in [2.05, 4.69) is 18.7 Å². The van der Waals surface area contributed by atoms with Crippen LogP contribution in [0.15, 0.2) is 0 Å². The topological polar surface area (TPSA) is 43.7 Å². The van der Waals surface area contributed by atoms with Crippen LogP contribution in [0, 0.1) is 11.3 Å². The minimum atomic E-state index is -0.293. The van der Waals surface area contributed by atoms with Crippen LogP contribution in [0.1, 0.15) is 40.0 Å². The van der Waals surface area contributed by atoms with E-state index in [0.29, 0.717) is 17.9 Å². The van der Waals surface area contributed by atoms with Gasteiger partial charge in [0.15, 0.2) is 0 Å². The van der Waals surface area contributed by atoms with Crippen LogP contribution in [-0.2, 0) is 0 Å². The maximum absolute atomic E-state index is 10.00. The Kier molecular flexibility index (Phi) is 4.77. The third-order valence-corrected chi connectivity index (χ3v) is 3.60. The fraction of sp³-hybridized carbons (Fsp3) is 1.00. The van der Waals surface area contributed by atoms with E-state index in [9.17, 15) is 10.2 Å². The lowest BCUT2D eigenvalue weighted by atomic mass is 9.71. The van der Waals surface area contributed by atoms with Gasteiger partial charge in [0, 0.05) is 13.1 Å². The number of aliphatic hydroxyl groups is 2. The highest BCUT2D eigenvalue weighted by molar-refractivity contribution is 4.86.